The van der Waals surface area contributed by atoms with Crippen LogP contribution in [0.5, 0.6) is 11.5 Å². The molecule has 0 radical (unpaired) electrons. The minimum atomic E-state index is -3.18. The Bertz CT molecular complexity index is 800. The van der Waals surface area contributed by atoms with E-state index in [1.54, 1.807) is 6.07 Å². The Hall–Kier alpha value is -3.30. The van der Waals surface area contributed by atoms with E-state index in [1.807, 2.05) is 0 Å². The molecule has 0 aliphatic carbocycles. The fourth-order valence-corrected chi connectivity index (χ4v) is 1.89. The van der Waals surface area contributed by atoms with Gasteiger partial charge in [0, 0.05) is 11.6 Å². The van der Waals surface area contributed by atoms with E-state index in [0.717, 1.165) is 18.3 Å². The van der Waals surface area contributed by atoms with Gasteiger partial charge in [-0.1, -0.05) is 6.07 Å². The minimum Gasteiger partial charge on any atom is -0.478 e. The first-order chi connectivity index (χ1) is 12.3. The predicted molar refractivity (Wildman–Crippen MR) is 84.3 cm³/mol. The van der Waals surface area contributed by atoms with Gasteiger partial charge in [0.25, 0.3) is 0 Å². The molecular weight excluding hydrogens is 360 g/mol. The summed E-state index contributed by atoms with van der Waals surface area (Å²) in [5.41, 5.74) is 2.96. The van der Waals surface area contributed by atoms with Crippen LogP contribution in [-0.4, -0.2) is 30.5 Å². The lowest BCUT2D eigenvalue weighted by Crippen LogP contribution is -2.07. The molecule has 2 N–H and O–H groups in total. The van der Waals surface area contributed by atoms with Crippen LogP contribution in [0.25, 0.3) is 0 Å². The van der Waals surface area contributed by atoms with Crippen molar-refractivity contribution in [1.82, 2.24) is 0 Å². The van der Waals surface area contributed by atoms with Crippen LogP contribution in [0.4, 0.5) is 23.2 Å². The summed E-state index contributed by atoms with van der Waals surface area (Å²) >= 11 is 0. The molecule has 0 aromatic heterocycles. The van der Waals surface area contributed by atoms with Crippen LogP contribution in [0, 0.1) is 0 Å². The van der Waals surface area contributed by atoms with Crippen molar-refractivity contribution in [2.75, 3.05) is 5.43 Å². The van der Waals surface area contributed by atoms with Crippen molar-refractivity contribution in [3.8, 4) is 11.5 Å². The summed E-state index contributed by atoms with van der Waals surface area (Å²) in [7, 11) is 0. The maximum atomic E-state index is 12.5. The Labute approximate surface area is 144 Å². The van der Waals surface area contributed by atoms with Gasteiger partial charge in [-0.05, 0) is 30.3 Å². The summed E-state index contributed by atoms with van der Waals surface area (Å²) in [6.45, 7) is -6.29. The number of anilines is 1. The van der Waals surface area contributed by atoms with Gasteiger partial charge in [0.15, 0.2) is 0 Å². The molecule has 138 valence electrons. The first kappa shape index (κ1) is 19.0. The highest BCUT2D eigenvalue weighted by Crippen LogP contribution is 2.26. The smallest absolute Gasteiger partial charge is 0.387 e. The molecule has 10 heteroatoms. The molecule has 26 heavy (non-hydrogen) atoms. The molecule has 0 aliphatic rings. The molecule has 2 aromatic rings. The first-order valence-corrected chi connectivity index (χ1v) is 7.01. The fraction of sp³-hybridized carbons (Fsp3) is 0.125. The van der Waals surface area contributed by atoms with E-state index in [9.17, 15) is 22.4 Å². The molecule has 0 fully saturated rings. The second kappa shape index (κ2) is 8.70. The van der Waals surface area contributed by atoms with E-state index in [-0.39, 0.29) is 16.9 Å². The van der Waals surface area contributed by atoms with Crippen LogP contribution in [0.1, 0.15) is 15.9 Å². The molecule has 0 saturated heterocycles. The van der Waals surface area contributed by atoms with Gasteiger partial charge in [0.05, 0.1) is 17.5 Å². The Kier molecular flexibility index (Phi) is 6.36. The highest BCUT2D eigenvalue weighted by molar-refractivity contribution is 5.89. The Morgan fingerprint density at radius 2 is 1.81 bits per heavy atom. The third-order valence-electron chi connectivity index (χ3n) is 2.93. The molecule has 0 bridgehead atoms. The number of hydrogen-bond donors (Lipinski definition) is 2. The Morgan fingerprint density at radius 3 is 2.46 bits per heavy atom. The van der Waals surface area contributed by atoms with E-state index in [2.05, 4.69) is 20.0 Å². The van der Waals surface area contributed by atoms with Crippen LogP contribution in [0.3, 0.4) is 0 Å². The molecule has 0 unspecified atom stereocenters. The maximum absolute atomic E-state index is 12.5. The summed E-state index contributed by atoms with van der Waals surface area (Å²) < 4.78 is 57.8. The first-order valence-electron chi connectivity index (χ1n) is 7.01. The average Bonchev–Trinajstić information content (AvgIpc) is 2.56. The fourth-order valence-electron chi connectivity index (χ4n) is 1.89. The normalized spacial score (nSPS) is 11.2. The van der Waals surface area contributed by atoms with Crippen molar-refractivity contribution in [3.05, 3.63) is 53.6 Å². The number of halogens is 4. The minimum absolute atomic E-state index is 0.0282. The van der Waals surface area contributed by atoms with E-state index in [1.165, 1.54) is 24.3 Å². The van der Waals surface area contributed by atoms with Gasteiger partial charge >= 0.3 is 19.2 Å². The van der Waals surface area contributed by atoms with Crippen LogP contribution in [0.2, 0.25) is 0 Å². The quantitative estimate of drug-likeness (QED) is 0.415. The lowest BCUT2D eigenvalue weighted by molar-refractivity contribution is -0.0543. The van der Waals surface area contributed by atoms with Crippen molar-refractivity contribution in [3.63, 3.8) is 0 Å². The van der Waals surface area contributed by atoms with E-state index in [0.29, 0.717) is 5.69 Å². The molecule has 0 amide bonds. The van der Waals surface area contributed by atoms with Crippen molar-refractivity contribution >= 4 is 17.9 Å². The summed E-state index contributed by atoms with van der Waals surface area (Å²) in [5.74, 6) is -1.89. The number of nitrogens with one attached hydrogen (secondary N) is 1. The van der Waals surface area contributed by atoms with Crippen LogP contribution in [0.15, 0.2) is 47.6 Å². The zero-order valence-corrected chi connectivity index (χ0v) is 12.9. The molecule has 0 atom stereocenters. The number of carboxylic acid groups (broad SMARTS) is 1. The van der Waals surface area contributed by atoms with Gasteiger partial charge in [-0.3, -0.25) is 5.43 Å². The third kappa shape index (κ3) is 5.65. The van der Waals surface area contributed by atoms with Crippen molar-refractivity contribution in [2.45, 2.75) is 13.2 Å². The number of benzene rings is 2. The third-order valence-corrected chi connectivity index (χ3v) is 2.93. The molecule has 0 spiro atoms. The van der Waals surface area contributed by atoms with Crippen LogP contribution < -0.4 is 14.9 Å². The second-order valence-corrected chi connectivity index (χ2v) is 4.71. The summed E-state index contributed by atoms with van der Waals surface area (Å²) in [6, 6.07) is 8.95. The zero-order chi connectivity index (χ0) is 19.1. The zero-order valence-electron chi connectivity index (χ0n) is 12.9. The van der Waals surface area contributed by atoms with Crippen LogP contribution >= 0.6 is 0 Å². The lowest BCUT2D eigenvalue weighted by atomic mass is 10.2. The highest BCUT2D eigenvalue weighted by atomic mass is 19.3. The number of carboxylic acids is 1. The van der Waals surface area contributed by atoms with Crippen molar-refractivity contribution in [2.24, 2.45) is 5.10 Å². The number of carbonyl (C=O) groups is 1. The Morgan fingerprint density at radius 1 is 1.08 bits per heavy atom. The topological polar surface area (TPSA) is 80.2 Å². The molecule has 0 aliphatic heterocycles. The highest BCUT2D eigenvalue weighted by Gasteiger charge is 2.12. The molecule has 0 saturated carbocycles. The van der Waals surface area contributed by atoms with E-state index in [4.69, 9.17) is 5.11 Å². The maximum Gasteiger partial charge on any atom is 0.387 e. The number of aromatic carboxylic acids is 1. The van der Waals surface area contributed by atoms with Crippen molar-refractivity contribution in [1.29, 1.82) is 0 Å². The molecule has 2 rings (SSSR count). The van der Waals surface area contributed by atoms with Gasteiger partial charge in [-0.2, -0.15) is 22.7 Å². The largest absolute Gasteiger partial charge is 0.478 e. The molecule has 2 aromatic carbocycles. The predicted octanol–water partition coefficient (Wildman–Crippen LogP) is 4.03. The van der Waals surface area contributed by atoms with Crippen molar-refractivity contribution < 1.29 is 36.9 Å². The second-order valence-electron chi connectivity index (χ2n) is 4.71. The number of hydrogen-bond acceptors (Lipinski definition) is 5. The van der Waals surface area contributed by atoms with E-state index < -0.39 is 24.9 Å². The van der Waals surface area contributed by atoms with Crippen LogP contribution in [-0.2, 0) is 0 Å². The van der Waals surface area contributed by atoms with E-state index >= 15 is 0 Å². The SMILES string of the molecule is O=C(O)c1cccc(N/N=C\c2ccc(OC(F)F)cc2OC(F)F)c1. The summed E-state index contributed by atoms with van der Waals surface area (Å²) in [6.07, 6.45) is 1.11. The molecular formula is C16H12F4N2O4. The molecule has 0 heterocycles. The summed E-state index contributed by atoms with van der Waals surface area (Å²) in [4.78, 5) is 10.9. The van der Waals surface area contributed by atoms with Gasteiger partial charge in [-0.25, -0.2) is 4.79 Å². The number of rotatable bonds is 8. The van der Waals surface area contributed by atoms with Gasteiger partial charge in [0.2, 0.25) is 0 Å². The number of ether oxygens (including phenoxy) is 2. The lowest BCUT2D eigenvalue weighted by Gasteiger charge is -2.11. The average molecular weight is 372 g/mol. The monoisotopic (exact) mass is 372 g/mol. The Balaban J connectivity index is 2.17. The number of hydrazone groups is 1. The van der Waals surface area contributed by atoms with Gasteiger partial charge in [0.1, 0.15) is 11.5 Å². The number of alkyl halides is 4. The number of nitrogens with zero attached hydrogens (tertiary/aromatic N) is 1. The summed E-state index contributed by atoms with van der Waals surface area (Å²) in [5, 5.41) is 12.7. The van der Waals surface area contributed by atoms with Gasteiger partial charge < -0.3 is 14.6 Å². The molecule has 6 nitrogen and oxygen atoms in total. The standard InChI is InChI=1S/C16H12F4N2O4/c17-15(18)25-12-5-4-10(13(7-12)26-16(19)20)8-21-22-11-3-1-2-9(6-11)14(23)24/h1-8,15-16,22H,(H,23,24)/b21-8-. The van der Waals surface area contributed by atoms with Gasteiger partial charge in [-0.15, -0.1) is 0 Å².